The van der Waals surface area contributed by atoms with Gasteiger partial charge in [0.1, 0.15) is 0 Å². The van der Waals surface area contributed by atoms with E-state index in [0.29, 0.717) is 5.75 Å². The minimum absolute atomic E-state index is 0.127. The molecule has 0 saturated heterocycles. The highest BCUT2D eigenvalue weighted by molar-refractivity contribution is 7.84. The van der Waals surface area contributed by atoms with E-state index in [-0.39, 0.29) is 6.04 Å². The van der Waals surface area contributed by atoms with Gasteiger partial charge >= 0.3 is 0 Å². The topological polar surface area (TPSA) is 34.0 Å². The van der Waals surface area contributed by atoms with Crippen LogP contribution in [0.4, 0.5) is 0 Å². The Balaban J connectivity index is 2.06. The Hall–Kier alpha value is -1.39. The van der Waals surface area contributed by atoms with E-state index in [2.05, 4.69) is 28.1 Å². The van der Waals surface area contributed by atoms with Gasteiger partial charge in [0.05, 0.1) is 0 Å². The van der Waals surface area contributed by atoms with Crippen LogP contribution >= 0.6 is 0 Å². The normalized spacial score (nSPS) is 14.2. The predicted octanol–water partition coefficient (Wildman–Crippen LogP) is 2.23. The van der Waals surface area contributed by atoms with Crippen molar-refractivity contribution in [3.8, 4) is 0 Å². The highest BCUT2D eigenvalue weighted by Crippen LogP contribution is 2.14. The number of hydrogen-bond donors (Lipinski definition) is 1. The fraction of sp³-hybridized carbons (Fsp3) is 0.333. The monoisotopic (exact) mass is 276 g/mol. The summed E-state index contributed by atoms with van der Waals surface area (Å²) in [6.45, 7) is 0.778. The summed E-state index contributed by atoms with van der Waals surface area (Å²) in [5.74, 6) is 0.633. The van der Waals surface area contributed by atoms with Gasteiger partial charge in [0.25, 0.3) is 0 Å². The third-order valence-corrected chi connectivity index (χ3v) is 3.99. The number of aromatic nitrogens is 1. The van der Waals surface area contributed by atoms with E-state index in [1.165, 1.54) is 11.3 Å². The molecule has 0 fully saturated rings. The third-order valence-electron chi connectivity index (χ3n) is 3.18. The van der Waals surface area contributed by atoms with Gasteiger partial charge in [-0.15, -0.1) is 0 Å². The van der Waals surface area contributed by atoms with Crippen LogP contribution in [-0.4, -0.2) is 20.8 Å². The second kappa shape index (κ2) is 6.68. The summed E-state index contributed by atoms with van der Waals surface area (Å²) in [6.07, 6.45) is 3.78. The quantitative estimate of drug-likeness (QED) is 0.878. The molecule has 4 heteroatoms. The van der Waals surface area contributed by atoms with E-state index in [9.17, 15) is 4.21 Å². The second-order valence-corrected chi connectivity index (χ2v) is 6.17. The Labute approximate surface area is 117 Å². The molecule has 0 bridgehead atoms. The highest BCUT2D eigenvalue weighted by atomic mass is 32.2. The first kappa shape index (κ1) is 14.0. The number of nitrogens with zero attached hydrogens (tertiary/aromatic N) is 1. The van der Waals surface area contributed by atoms with E-state index in [1.807, 2.05) is 37.5 Å². The van der Waals surface area contributed by atoms with Crippen LogP contribution in [0.2, 0.25) is 0 Å². The van der Waals surface area contributed by atoms with Crippen LogP contribution in [0.5, 0.6) is 0 Å². The zero-order valence-corrected chi connectivity index (χ0v) is 12.2. The standard InChI is InChI=1S/C15H20N2OS/c1-17-10-6-9-14(17)11-16-15(12-19(2)18)13-7-4-3-5-8-13/h3-10,15-16H,11-12H2,1-2H3. The molecule has 102 valence electrons. The fourth-order valence-electron chi connectivity index (χ4n) is 2.10. The minimum atomic E-state index is -0.819. The van der Waals surface area contributed by atoms with Gasteiger partial charge in [-0.05, 0) is 17.7 Å². The molecule has 2 atom stereocenters. The summed E-state index contributed by atoms with van der Waals surface area (Å²) < 4.78 is 13.6. The van der Waals surface area contributed by atoms with Crippen LogP contribution in [0.15, 0.2) is 48.7 Å². The molecule has 2 rings (SSSR count). The Morgan fingerprint density at radius 2 is 1.95 bits per heavy atom. The lowest BCUT2D eigenvalue weighted by molar-refractivity contribution is 0.558. The van der Waals surface area contributed by atoms with Gasteiger partial charge in [0, 0.05) is 54.3 Å². The Kier molecular flexibility index (Phi) is 4.93. The number of hydrogen-bond acceptors (Lipinski definition) is 2. The van der Waals surface area contributed by atoms with Gasteiger partial charge in [-0.3, -0.25) is 4.21 Å². The largest absolute Gasteiger partial charge is 0.353 e. The van der Waals surface area contributed by atoms with Gasteiger partial charge in [-0.2, -0.15) is 0 Å². The average molecular weight is 276 g/mol. The molecular weight excluding hydrogens is 256 g/mol. The SMILES string of the molecule is Cn1cccc1CNC(CS(C)=O)c1ccccc1. The minimum Gasteiger partial charge on any atom is -0.353 e. The number of rotatable bonds is 6. The van der Waals surface area contributed by atoms with Crippen LogP contribution in [-0.2, 0) is 24.4 Å². The van der Waals surface area contributed by atoms with Crippen LogP contribution in [0, 0.1) is 0 Å². The molecular formula is C15H20N2OS. The molecule has 0 aliphatic heterocycles. The maximum absolute atomic E-state index is 11.5. The molecule has 0 aliphatic rings. The van der Waals surface area contributed by atoms with Gasteiger partial charge in [-0.25, -0.2) is 0 Å². The lowest BCUT2D eigenvalue weighted by Gasteiger charge is -2.18. The first-order chi connectivity index (χ1) is 9.16. The lowest BCUT2D eigenvalue weighted by atomic mass is 10.1. The van der Waals surface area contributed by atoms with Crippen LogP contribution in [0.1, 0.15) is 17.3 Å². The van der Waals surface area contributed by atoms with E-state index in [0.717, 1.165) is 6.54 Å². The van der Waals surface area contributed by atoms with Crippen molar-refractivity contribution in [1.82, 2.24) is 9.88 Å². The zero-order valence-electron chi connectivity index (χ0n) is 11.4. The smallest absolute Gasteiger partial charge is 0.0439 e. The molecule has 0 aliphatic carbocycles. The Morgan fingerprint density at radius 1 is 1.21 bits per heavy atom. The second-order valence-electron chi connectivity index (χ2n) is 4.69. The number of benzene rings is 1. The Morgan fingerprint density at radius 3 is 2.53 bits per heavy atom. The van der Waals surface area contributed by atoms with Crippen LogP contribution in [0.3, 0.4) is 0 Å². The highest BCUT2D eigenvalue weighted by Gasteiger charge is 2.12. The van der Waals surface area contributed by atoms with E-state index in [4.69, 9.17) is 0 Å². The average Bonchev–Trinajstić information content (AvgIpc) is 2.81. The van der Waals surface area contributed by atoms with Crippen molar-refractivity contribution in [3.05, 3.63) is 59.9 Å². The lowest BCUT2D eigenvalue weighted by Crippen LogP contribution is -2.26. The summed E-state index contributed by atoms with van der Waals surface area (Å²) in [5, 5.41) is 3.50. The van der Waals surface area contributed by atoms with Gasteiger partial charge in [-0.1, -0.05) is 30.3 Å². The summed E-state index contributed by atoms with van der Waals surface area (Å²) in [7, 11) is 1.22. The van der Waals surface area contributed by atoms with Crippen molar-refractivity contribution >= 4 is 10.8 Å². The van der Waals surface area contributed by atoms with Gasteiger partial charge < -0.3 is 9.88 Å². The van der Waals surface area contributed by atoms with Crippen molar-refractivity contribution in [2.24, 2.45) is 7.05 Å². The molecule has 0 saturated carbocycles. The van der Waals surface area contributed by atoms with Crippen LogP contribution < -0.4 is 5.32 Å². The third kappa shape index (κ3) is 4.04. The first-order valence-corrected chi connectivity index (χ1v) is 8.08. The molecule has 1 aromatic carbocycles. The summed E-state index contributed by atoms with van der Waals surface area (Å²) in [6, 6.07) is 14.5. The van der Waals surface area contributed by atoms with Crippen LogP contribution in [0.25, 0.3) is 0 Å². The molecule has 0 spiro atoms. The fourth-order valence-corrected chi connectivity index (χ4v) is 2.88. The predicted molar refractivity (Wildman–Crippen MR) is 80.4 cm³/mol. The van der Waals surface area contributed by atoms with Crippen molar-refractivity contribution in [2.75, 3.05) is 12.0 Å². The van der Waals surface area contributed by atoms with E-state index < -0.39 is 10.8 Å². The molecule has 19 heavy (non-hydrogen) atoms. The maximum Gasteiger partial charge on any atom is 0.0439 e. The van der Waals surface area contributed by atoms with E-state index >= 15 is 0 Å². The summed E-state index contributed by atoms with van der Waals surface area (Å²) in [5.41, 5.74) is 2.41. The zero-order chi connectivity index (χ0) is 13.7. The molecule has 3 nitrogen and oxygen atoms in total. The molecule has 1 N–H and O–H groups in total. The van der Waals surface area contributed by atoms with Crippen molar-refractivity contribution in [1.29, 1.82) is 0 Å². The Bertz CT molecular complexity index is 536. The molecule has 0 radical (unpaired) electrons. The molecule has 1 heterocycles. The summed E-state index contributed by atoms with van der Waals surface area (Å²) in [4.78, 5) is 0. The summed E-state index contributed by atoms with van der Waals surface area (Å²) >= 11 is 0. The van der Waals surface area contributed by atoms with Crippen molar-refractivity contribution in [3.63, 3.8) is 0 Å². The van der Waals surface area contributed by atoms with Crippen molar-refractivity contribution in [2.45, 2.75) is 12.6 Å². The molecule has 0 amide bonds. The molecule has 2 unspecified atom stereocenters. The molecule has 2 aromatic rings. The van der Waals surface area contributed by atoms with E-state index in [1.54, 1.807) is 6.26 Å². The number of aryl methyl sites for hydroxylation is 1. The molecule has 1 aromatic heterocycles. The van der Waals surface area contributed by atoms with Gasteiger partial charge in [0.2, 0.25) is 0 Å². The van der Waals surface area contributed by atoms with Crippen molar-refractivity contribution < 1.29 is 4.21 Å². The number of nitrogens with one attached hydrogen (secondary N) is 1. The first-order valence-electron chi connectivity index (χ1n) is 6.35. The van der Waals surface area contributed by atoms with Gasteiger partial charge in [0.15, 0.2) is 0 Å². The maximum atomic E-state index is 11.5.